The SMILES string of the molecule is O=C(COC(=O)c1ccc(NS(=O)(=O)C=Cc2ccccc2)cc1)Nc1ccc(OC(F)(F)F)cc1. The fourth-order valence-corrected chi connectivity index (χ4v) is 3.63. The molecule has 8 nitrogen and oxygen atoms in total. The Morgan fingerprint density at radius 1 is 0.861 bits per heavy atom. The molecule has 0 aliphatic heterocycles. The zero-order valence-electron chi connectivity index (χ0n) is 18.4. The van der Waals surface area contributed by atoms with Gasteiger partial charge < -0.3 is 14.8 Å². The van der Waals surface area contributed by atoms with E-state index in [4.69, 9.17) is 4.74 Å². The molecule has 0 bridgehead atoms. The maximum atomic E-state index is 12.2. The lowest BCUT2D eigenvalue weighted by atomic mass is 10.2. The molecule has 0 saturated carbocycles. The van der Waals surface area contributed by atoms with Crippen LogP contribution in [-0.4, -0.2) is 33.3 Å². The maximum absolute atomic E-state index is 12.2. The number of hydrogen-bond donors (Lipinski definition) is 2. The molecule has 3 rings (SSSR count). The van der Waals surface area contributed by atoms with Crippen LogP contribution in [0.4, 0.5) is 24.5 Å². The second-order valence-electron chi connectivity index (χ2n) is 7.13. The van der Waals surface area contributed by atoms with Crippen molar-refractivity contribution in [3.63, 3.8) is 0 Å². The minimum atomic E-state index is -4.83. The number of nitrogens with one attached hydrogen (secondary N) is 2. The van der Waals surface area contributed by atoms with E-state index in [9.17, 15) is 31.2 Å². The van der Waals surface area contributed by atoms with Gasteiger partial charge in [-0.1, -0.05) is 30.3 Å². The zero-order valence-corrected chi connectivity index (χ0v) is 19.2. The molecule has 0 unspecified atom stereocenters. The fourth-order valence-electron chi connectivity index (χ4n) is 2.76. The predicted molar refractivity (Wildman–Crippen MR) is 126 cm³/mol. The van der Waals surface area contributed by atoms with E-state index >= 15 is 0 Å². The van der Waals surface area contributed by atoms with Gasteiger partial charge in [0.2, 0.25) is 0 Å². The first-order valence-corrected chi connectivity index (χ1v) is 11.7. The molecule has 3 aromatic carbocycles. The number of esters is 1. The molecule has 0 radical (unpaired) electrons. The van der Waals surface area contributed by atoms with Crippen molar-refractivity contribution in [2.24, 2.45) is 0 Å². The van der Waals surface area contributed by atoms with E-state index in [0.717, 1.165) is 17.5 Å². The van der Waals surface area contributed by atoms with Gasteiger partial charge in [0.25, 0.3) is 15.9 Å². The highest BCUT2D eigenvalue weighted by Gasteiger charge is 2.31. The van der Waals surface area contributed by atoms with Gasteiger partial charge in [-0.05, 0) is 60.2 Å². The molecule has 12 heteroatoms. The molecule has 0 saturated heterocycles. The van der Waals surface area contributed by atoms with Gasteiger partial charge in [0.1, 0.15) is 5.75 Å². The topological polar surface area (TPSA) is 111 Å². The van der Waals surface area contributed by atoms with Gasteiger partial charge in [-0.15, -0.1) is 13.2 Å². The van der Waals surface area contributed by atoms with E-state index in [0.29, 0.717) is 5.56 Å². The lowest BCUT2D eigenvalue weighted by Gasteiger charge is -2.10. The number of alkyl halides is 3. The maximum Gasteiger partial charge on any atom is 0.573 e. The highest BCUT2D eigenvalue weighted by atomic mass is 32.2. The van der Waals surface area contributed by atoms with Gasteiger partial charge in [0, 0.05) is 11.4 Å². The average molecular weight is 520 g/mol. The number of anilines is 2. The molecule has 0 fully saturated rings. The summed E-state index contributed by atoms with van der Waals surface area (Å²) in [6, 6.07) is 18.6. The molecular formula is C24H19F3N2O6S. The van der Waals surface area contributed by atoms with Crippen molar-refractivity contribution < 1.29 is 40.7 Å². The number of benzene rings is 3. The predicted octanol–water partition coefficient (Wildman–Crippen LogP) is 4.79. The Labute approximate surface area is 204 Å². The third kappa shape index (κ3) is 8.80. The van der Waals surface area contributed by atoms with Crippen molar-refractivity contribution in [3.05, 3.63) is 95.4 Å². The minimum absolute atomic E-state index is 0.0687. The van der Waals surface area contributed by atoms with Crippen molar-refractivity contribution in [1.29, 1.82) is 0 Å². The molecule has 0 aliphatic rings. The summed E-state index contributed by atoms with van der Waals surface area (Å²) >= 11 is 0. The zero-order chi connectivity index (χ0) is 26.2. The van der Waals surface area contributed by atoms with E-state index < -0.39 is 40.6 Å². The van der Waals surface area contributed by atoms with E-state index in [2.05, 4.69) is 14.8 Å². The van der Waals surface area contributed by atoms with Crippen molar-refractivity contribution in [2.45, 2.75) is 6.36 Å². The van der Waals surface area contributed by atoms with Crippen LogP contribution in [0.25, 0.3) is 6.08 Å². The van der Waals surface area contributed by atoms with Crippen LogP contribution in [0, 0.1) is 0 Å². The summed E-state index contributed by atoms with van der Waals surface area (Å²) in [5.41, 5.74) is 1.15. The molecule has 188 valence electrons. The van der Waals surface area contributed by atoms with Gasteiger partial charge in [-0.25, -0.2) is 13.2 Å². The monoisotopic (exact) mass is 520 g/mol. The number of carbonyl (C=O) groups is 2. The largest absolute Gasteiger partial charge is 0.573 e. The minimum Gasteiger partial charge on any atom is -0.452 e. The highest BCUT2D eigenvalue weighted by Crippen LogP contribution is 2.24. The number of halogens is 3. The van der Waals surface area contributed by atoms with Crippen LogP contribution in [0.1, 0.15) is 15.9 Å². The molecule has 0 aromatic heterocycles. The Morgan fingerprint density at radius 2 is 1.47 bits per heavy atom. The first-order valence-electron chi connectivity index (χ1n) is 10.2. The average Bonchev–Trinajstić information content (AvgIpc) is 2.82. The summed E-state index contributed by atoms with van der Waals surface area (Å²) in [4.78, 5) is 24.1. The van der Waals surface area contributed by atoms with Crippen molar-refractivity contribution >= 4 is 39.4 Å². The van der Waals surface area contributed by atoms with Crippen LogP contribution in [0.5, 0.6) is 5.75 Å². The third-order valence-electron chi connectivity index (χ3n) is 4.33. The first-order chi connectivity index (χ1) is 17.0. The van der Waals surface area contributed by atoms with Gasteiger partial charge in [0.05, 0.1) is 11.0 Å². The first kappa shape index (κ1) is 26.3. The highest BCUT2D eigenvalue weighted by molar-refractivity contribution is 7.95. The lowest BCUT2D eigenvalue weighted by molar-refractivity contribution is -0.274. The summed E-state index contributed by atoms with van der Waals surface area (Å²) < 4.78 is 71.9. The van der Waals surface area contributed by atoms with Gasteiger partial charge in [0.15, 0.2) is 6.61 Å². The molecular weight excluding hydrogens is 501 g/mol. The smallest absolute Gasteiger partial charge is 0.452 e. The summed E-state index contributed by atoms with van der Waals surface area (Å²) in [5, 5.41) is 3.38. The quantitative estimate of drug-likeness (QED) is 0.393. The Kier molecular flexibility index (Phi) is 8.33. The second kappa shape index (κ2) is 11.4. The van der Waals surface area contributed by atoms with E-state index in [1.165, 1.54) is 42.5 Å². The van der Waals surface area contributed by atoms with Crippen molar-refractivity contribution in [2.75, 3.05) is 16.6 Å². The van der Waals surface area contributed by atoms with Crippen LogP contribution in [0.15, 0.2) is 84.3 Å². The number of rotatable bonds is 9. The molecule has 2 N–H and O–H groups in total. The fraction of sp³-hybridized carbons (Fsp3) is 0.0833. The Hall–Kier alpha value is -4.32. The number of amides is 1. The molecule has 0 heterocycles. The second-order valence-corrected chi connectivity index (χ2v) is 8.70. The normalized spacial score (nSPS) is 11.6. The van der Waals surface area contributed by atoms with Gasteiger partial charge >= 0.3 is 12.3 Å². The van der Waals surface area contributed by atoms with Crippen LogP contribution < -0.4 is 14.8 Å². The van der Waals surface area contributed by atoms with Crippen LogP contribution in [0.2, 0.25) is 0 Å². The summed E-state index contributed by atoms with van der Waals surface area (Å²) in [6.07, 6.45) is -3.40. The number of hydrogen-bond acceptors (Lipinski definition) is 6. The molecule has 0 atom stereocenters. The molecule has 3 aromatic rings. The molecule has 0 spiro atoms. The van der Waals surface area contributed by atoms with Crippen LogP contribution >= 0.6 is 0 Å². The van der Waals surface area contributed by atoms with Gasteiger partial charge in [-0.2, -0.15) is 0 Å². The summed E-state index contributed by atoms with van der Waals surface area (Å²) in [7, 11) is -3.79. The molecule has 0 aliphatic carbocycles. The number of sulfonamides is 1. The van der Waals surface area contributed by atoms with Crippen molar-refractivity contribution in [3.8, 4) is 5.75 Å². The van der Waals surface area contributed by atoms with Gasteiger partial charge in [-0.3, -0.25) is 9.52 Å². The van der Waals surface area contributed by atoms with Crippen LogP contribution in [-0.2, 0) is 19.6 Å². The van der Waals surface area contributed by atoms with Crippen LogP contribution in [0.3, 0.4) is 0 Å². The van der Waals surface area contributed by atoms with E-state index in [1.807, 2.05) is 6.07 Å². The Bertz CT molecular complexity index is 1330. The van der Waals surface area contributed by atoms with E-state index in [-0.39, 0.29) is 16.9 Å². The lowest BCUT2D eigenvalue weighted by Crippen LogP contribution is -2.21. The Balaban J connectivity index is 1.48. The molecule has 36 heavy (non-hydrogen) atoms. The standard InChI is InChI=1S/C24H19F3N2O6S/c25-24(26,27)35-21-12-10-19(11-13-21)28-22(30)16-34-23(31)18-6-8-20(9-7-18)29-36(32,33)15-14-17-4-2-1-3-5-17/h1-15,29H,16H2,(H,28,30). The van der Waals surface area contributed by atoms with E-state index in [1.54, 1.807) is 24.3 Å². The third-order valence-corrected chi connectivity index (χ3v) is 5.34. The number of carbonyl (C=O) groups excluding carboxylic acids is 2. The van der Waals surface area contributed by atoms with Crippen molar-refractivity contribution in [1.82, 2.24) is 0 Å². The summed E-state index contributed by atoms with van der Waals surface area (Å²) in [5.74, 6) is -2.01. The summed E-state index contributed by atoms with van der Waals surface area (Å²) in [6.45, 7) is -0.654. The number of ether oxygens (including phenoxy) is 2. The molecule has 1 amide bonds. The Morgan fingerprint density at radius 3 is 2.08 bits per heavy atom.